The highest BCUT2D eigenvalue weighted by molar-refractivity contribution is 5.91. The fourth-order valence-corrected chi connectivity index (χ4v) is 4.82. The van der Waals surface area contributed by atoms with Gasteiger partial charge in [-0.25, -0.2) is 13.6 Å². The number of hydrogen-bond donors (Lipinski definition) is 1. The van der Waals surface area contributed by atoms with Crippen molar-refractivity contribution in [1.82, 2.24) is 0 Å². The highest BCUT2D eigenvalue weighted by atomic mass is 19.2. The van der Waals surface area contributed by atoms with E-state index in [1.807, 2.05) is 0 Å². The van der Waals surface area contributed by atoms with E-state index in [0.717, 1.165) is 12.8 Å². The molecule has 8 heteroatoms. The van der Waals surface area contributed by atoms with Crippen molar-refractivity contribution >= 4 is 5.97 Å². The summed E-state index contributed by atoms with van der Waals surface area (Å²) < 4.78 is 68.5. The molecule has 0 spiro atoms. The van der Waals surface area contributed by atoms with E-state index in [0.29, 0.717) is 18.4 Å². The molecule has 0 aliphatic heterocycles. The maximum Gasteiger partial charge on any atom is 0.343 e. The lowest BCUT2D eigenvalue weighted by atomic mass is 9.77. The lowest BCUT2D eigenvalue weighted by Gasteiger charge is -2.30. The van der Waals surface area contributed by atoms with Crippen molar-refractivity contribution in [3.8, 4) is 22.6 Å². The summed E-state index contributed by atoms with van der Waals surface area (Å²) in [7, 11) is 0. The first-order valence-electron chi connectivity index (χ1n) is 12.3. The van der Waals surface area contributed by atoms with E-state index < -0.39 is 41.1 Å². The molecule has 3 aromatic carbocycles. The molecule has 4 rings (SSSR count). The third-order valence-corrected chi connectivity index (χ3v) is 6.95. The summed E-state index contributed by atoms with van der Waals surface area (Å²) in [6.07, 6.45) is 2.29. The van der Waals surface area contributed by atoms with Gasteiger partial charge >= 0.3 is 5.97 Å². The van der Waals surface area contributed by atoms with Crippen LogP contribution in [-0.4, -0.2) is 23.8 Å². The van der Waals surface area contributed by atoms with Gasteiger partial charge in [0.2, 0.25) is 11.6 Å². The standard InChI is InChI=1S/C29H28F4O4/c1-3-36-23-14-12-21(25(30)27(23)32)19-8-10-20(11-9-19)29(35)37-24-15-13-22(26(31)28(24)33)18-6-4-17(5-7-18)16(2)34/h8-18,34H,3-7H2,1-2H3. The predicted octanol–water partition coefficient (Wildman–Crippen LogP) is 7.18. The SMILES string of the molecule is CCOc1ccc(-c2ccc(C(=O)Oc3ccc(C4CCC(C(C)O)CC4)c(F)c3F)cc2)c(F)c1F. The molecule has 1 fully saturated rings. The van der Waals surface area contributed by atoms with Crippen LogP contribution in [0.4, 0.5) is 17.6 Å². The van der Waals surface area contributed by atoms with Crippen LogP contribution in [0.15, 0.2) is 48.5 Å². The summed E-state index contributed by atoms with van der Waals surface area (Å²) in [5.41, 5.74) is 0.543. The first-order valence-corrected chi connectivity index (χ1v) is 12.3. The summed E-state index contributed by atoms with van der Waals surface area (Å²) in [5.74, 6) is -6.16. The van der Waals surface area contributed by atoms with Crippen LogP contribution in [0.2, 0.25) is 0 Å². The van der Waals surface area contributed by atoms with Crippen molar-refractivity contribution in [2.45, 2.75) is 51.6 Å². The number of carbonyl (C=O) groups is 1. The van der Waals surface area contributed by atoms with Crippen LogP contribution in [0.5, 0.6) is 11.5 Å². The molecule has 1 aliphatic rings. The maximum absolute atomic E-state index is 14.9. The normalized spacial score (nSPS) is 18.4. The molecule has 0 saturated heterocycles. The number of aliphatic hydroxyl groups excluding tert-OH is 1. The van der Waals surface area contributed by atoms with Crippen LogP contribution in [0.1, 0.15) is 61.4 Å². The molecule has 0 aromatic heterocycles. The zero-order valence-corrected chi connectivity index (χ0v) is 20.6. The van der Waals surface area contributed by atoms with Crippen molar-refractivity contribution in [1.29, 1.82) is 0 Å². The van der Waals surface area contributed by atoms with Gasteiger partial charge in [0.15, 0.2) is 23.1 Å². The highest BCUT2D eigenvalue weighted by Gasteiger charge is 2.29. The van der Waals surface area contributed by atoms with Crippen molar-refractivity contribution in [3.63, 3.8) is 0 Å². The molecule has 0 radical (unpaired) electrons. The van der Waals surface area contributed by atoms with Gasteiger partial charge in [-0.3, -0.25) is 0 Å². The third kappa shape index (κ3) is 5.64. The minimum absolute atomic E-state index is 0.0212. The first kappa shape index (κ1) is 26.7. The van der Waals surface area contributed by atoms with Gasteiger partial charge in [-0.05, 0) is 92.8 Å². The number of esters is 1. The number of halogens is 4. The van der Waals surface area contributed by atoms with Crippen molar-refractivity contribution in [3.05, 3.63) is 82.9 Å². The second-order valence-corrected chi connectivity index (χ2v) is 9.27. The summed E-state index contributed by atoms with van der Waals surface area (Å²) >= 11 is 0. The first-order chi connectivity index (χ1) is 17.7. The summed E-state index contributed by atoms with van der Waals surface area (Å²) in [6.45, 7) is 3.58. The third-order valence-electron chi connectivity index (χ3n) is 6.95. The monoisotopic (exact) mass is 516 g/mol. The van der Waals surface area contributed by atoms with E-state index in [2.05, 4.69) is 0 Å². The number of carbonyl (C=O) groups excluding carboxylic acids is 1. The Kier molecular flexibility index (Phi) is 8.17. The van der Waals surface area contributed by atoms with E-state index in [4.69, 9.17) is 9.47 Å². The molecule has 0 heterocycles. The van der Waals surface area contributed by atoms with Gasteiger partial charge in [0.25, 0.3) is 0 Å². The average Bonchev–Trinajstić information content (AvgIpc) is 2.90. The predicted molar refractivity (Wildman–Crippen MR) is 131 cm³/mol. The average molecular weight is 517 g/mol. The molecule has 196 valence electrons. The van der Waals surface area contributed by atoms with E-state index in [1.54, 1.807) is 13.8 Å². The zero-order valence-electron chi connectivity index (χ0n) is 20.6. The molecule has 1 unspecified atom stereocenters. The molecule has 0 bridgehead atoms. The Balaban J connectivity index is 1.46. The molecule has 1 N–H and O–H groups in total. The van der Waals surface area contributed by atoms with Gasteiger partial charge in [-0.2, -0.15) is 8.78 Å². The molecule has 0 amide bonds. The number of aliphatic hydroxyl groups is 1. The van der Waals surface area contributed by atoms with Crippen molar-refractivity contribution in [2.75, 3.05) is 6.61 Å². The van der Waals surface area contributed by atoms with Crippen LogP contribution >= 0.6 is 0 Å². The smallest absolute Gasteiger partial charge is 0.343 e. The Bertz CT molecular complexity index is 1270. The van der Waals surface area contributed by atoms with Crippen LogP contribution in [0.3, 0.4) is 0 Å². The van der Waals surface area contributed by atoms with Crippen molar-refractivity contribution in [2.24, 2.45) is 5.92 Å². The van der Waals surface area contributed by atoms with Gasteiger partial charge in [-0.1, -0.05) is 18.2 Å². The summed E-state index contributed by atoms with van der Waals surface area (Å²) in [6, 6.07) is 10.8. The highest BCUT2D eigenvalue weighted by Crippen LogP contribution is 2.39. The maximum atomic E-state index is 14.9. The largest absolute Gasteiger partial charge is 0.491 e. The topological polar surface area (TPSA) is 55.8 Å². The minimum atomic E-state index is -1.24. The molecule has 1 aliphatic carbocycles. The zero-order chi connectivity index (χ0) is 26.7. The Labute approximate surface area is 212 Å². The molecular weight excluding hydrogens is 488 g/mol. The Hall–Kier alpha value is -3.39. The summed E-state index contributed by atoms with van der Waals surface area (Å²) in [5, 5.41) is 9.75. The second kappa shape index (κ2) is 11.3. The molecule has 1 saturated carbocycles. The molecule has 37 heavy (non-hydrogen) atoms. The minimum Gasteiger partial charge on any atom is -0.491 e. The van der Waals surface area contributed by atoms with E-state index in [-0.39, 0.29) is 40.9 Å². The molecule has 4 nitrogen and oxygen atoms in total. The fraction of sp³-hybridized carbons (Fsp3) is 0.345. The molecular formula is C29H28F4O4. The Morgan fingerprint density at radius 2 is 1.49 bits per heavy atom. The molecule has 1 atom stereocenters. The van der Waals surface area contributed by atoms with E-state index in [9.17, 15) is 27.5 Å². The van der Waals surface area contributed by atoms with E-state index in [1.165, 1.54) is 48.5 Å². The van der Waals surface area contributed by atoms with Crippen LogP contribution in [0, 0.1) is 29.2 Å². The second-order valence-electron chi connectivity index (χ2n) is 9.27. The van der Waals surface area contributed by atoms with Crippen molar-refractivity contribution < 1.29 is 36.9 Å². The Morgan fingerprint density at radius 1 is 0.865 bits per heavy atom. The quantitative estimate of drug-likeness (QED) is 0.205. The number of rotatable bonds is 7. The summed E-state index contributed by atoms with van der Waals surface area (Å²) in [4.78, 5) is 12.6. The lowest BCUT2D eigenvalue weighted by Crippen LogP contribution is -2.23. The van der Waals surface area contributed by atoms with Crippen LogP contribution < -0.4 is 9.47 Å². The fourth-order valence-electron chi connectivity index (χ4n) is 4.82. The van der Waals surface area contributed by atoms with Gasteiger partial charge in [0.1, 0.15) is 0 Å². The number of benzene rings is 3. The number of ether oxygens (including phenoxy) is 2. The Morgan fingerprint density at radius 3 is 2.11 bits per heavy atom. The van der Waals surface area contributed by atoms with Gasteiger partial charge < -0.3 is 14.6 Å². The van der Waals surface area contributed by atoms with Crippen LogP contribution in [0.25, 0.3) is 11.1 Å². The van der Waals surface area contributed by atoms with Gasteiger partial charge in [0.05, 0.1) is 18.3 Å². The van der Waals surface area contributed by atoms with Gasteiger partial charge in [0, 0.05) is 5.56 Å². The molecule has 3 aromatic rings. The van der Waals surface area contributed by atoms with E-state index >= 15 is 0 Å². The van der Waals surface area contributed by atoms with Gasteiger partial charge in [-0.15, -0.1) is 0 Å². The lowest BCUT2D eigenvalue weighted by molar-refractivity contribution is 0.0726. The number of hydrogen-bond acceptors (Lipinski definition) is 4. The van der Waals surface area contributed by atoms with Crippen LogP contribution in [-0.2, 0) is 0 Å².